The molecular formula is C18H18ClN3O3S. The molecule has 6 nitrogen and oxygen atoms in total. The molecule has 3 rings (SSSR count). The first kappa shape index (κ1) is 18.4. The number of anilines is 1. The molecule has 8 heteroatoms. The Balaban J connectivity index is 1.84. The second kappa shape index (κ2) is 7.88. The van der Waals surface area contributed by atoms with Gasteiger partial charge in [0, 0.05) is 29.1 Å². The van der Waals surface area contributed by atoms with E-state index in [1.165, 1.54) is 17.4 Å². The van der Waals surface area contributed by atoms with Gasteiger partial charge in [0.15, 0.2) is 0 Å². The number of amides is 1. The third kappa shape index (κ3) is 4.42. The molecule has 0 saturated heterocycles. The Labute approximate surface area is 160 Å². The summed E-state index contributed by atoms with van der Waals surface area (Å²) < 4.78 is 0.650. The molecule has 1 aliphatic rings. The molecule has 1 fully saturated rings. The molecule has 0 bridgehead atoms. The highest BCUT2D eigenvalue weighted by molar-refractivity contribution is 7.16. The van der Waals surface area contributed by atoms with Crippen LogP contribution in [0.3, 0.4) is 0 Å². The van der Waals surface area contributed by atoms with E-state index in [9.17, 15) is 14.9 Å². The first-order valence-electron chi connectivity index (χ1n) is 8.17. The largest absolute Gasteiger partial charge is 0.377 e. The van der Waals surface area contributed by atoms with Gasteiger partial charge < -0.3 is 10.2 Å². The molecule has 1 aliphatic carbocycles. The van der Waals surface area contributed by atoms with Gasteiger partial charge >= 0.3 is 0 Å². The molecule has 0 spiro atoms. The van der Waals surface area contributed by atoms with Crippen molar-refractivity contribution in [1.29, 1.82) is 0 Å². The maximum absolute atomic E-state index is 12.9. The minimum Gasteiger partial charge on any atom is -0.377 e. The number of carbonyl (C=O) groups excluding carboxylic acids is 1. The zero-order chi connectivity index (χ0) is 18.7. The minimum atomic E-state index is -0.460. The molecule has 1 N–H and O–H groups in total. The van der Waals surface area contributed by atoms with Crippen LogP contribution in [0.1, 0.15) is 28.1 Å². The van der Waals surface area contributed by atoms with Crippen molar-refractivity contribution < 1.29 is 9.72 Å². The normalized spacial score (nSPS) is 13.3. The summed E-state index contributed by atoms with van der Waals surface area (Å²) in [6.07, 6.45) is 3.65. The molecule has 2 aromatic rings. The van der Waals surface area contributed by atoms with E-state index in [4.69, 9.17) is 11.6 Å². The lowest BCUT2D eigenvalue weighted by Gasteiger charge is -2.20. The molecule has 136 valence electrons. The lowest BCUT2D eigenvalue weighted by Crippen LogP contribution is -2.30. The molecule has 1 heterocycles. The maximum atomic E-state index is 12.9. The van der Waals surface area contributed by atoms with Gasteiger partial charge in [-0.25, -0.2) is 0 Å². The first-order valence-corrected chi connectivity index (χ1v) is 9.36. The van der Waals surface area contributed by atoms with Crippen LogP contribution in [0.5, 0.6) is 0 Å². The topological polar surface area (TPSA) is 75.5 Å². The zero-order valence-electron chi connectivity index (χ0n) is 14.0. The molecule has 1 aromatic heterocycles. The Bertz CT molecular complexity index is 848. The summed E-state index contributed by atoms with van der Waals surface area (Å²) >= 11 is 7.35. The predicted octanol–water partition coefficient (Wildman–Crippen LogP) is 4.71. The number of halogens is 1. The minimum absolute atomic E-state index is 0.0829. The van der Waals surface area contributed by atoms with E-state index < -0.39 is 4.92 Å². The SMILES string of the molecule is C=CCN(Cc1ccc(Cl)s1)C(=O)c1ccc(NC2CC2)c([N+](=O)[O-])c1. The van der Waals surface area contributed by atoms with E-state index >= 15 is 0 Å². The summed E-state index contributed by atoms with van der Waals surface area (Å²) in [5.41, 5.74) is 0.650. The van der Waals surface area contributed by atoms with Crippen LogP contribution in [0.2, 0.25) is 4.34 Å². The van der Waals surface area contributed by atoms with Crippen LogP contribution in [0.25, 0.3) is 0 Å². The summed E-state index contributed by atoms with van der Waals surface area (Å²) in [6.45, 7) is 4.40. The second-order valence-electron chi connectivity index (χ2n) is 6.09. The Morgan fingerprint density at radius 1 is 1.42 bits per heavy atom. The third-order valence-electron chi connectivity index (χ3n) is 3.99. The van der Waals surface area contributed by atoms with E-state index in [0.717, 1.165) is 17.7 Å². The van der Waals surface area contributed by atoms with E-state index in [1.807, 2.05) is 6.07 Å². The number of benzene rings is 1. The number of carbonyl (C=O) groups is 1. The average molecular weight is 392 g/mol. The van der Waals surface area contributed by atoms with Crippen LogP contribution in [0, 0.1) is 10.1 Å². The lowest BCUT2D eigenvalue weighted by molar-refractivity contribution is -0.384. The summed E-state index contributed by atoms with van der Waals surface area (Å²) in [6, 6.07) is 8.50. The van der Waals surface area contributed by atoms with E-state index in [-0.39, 0.29) is 23.2 Å². The number of nitro benzene ring substituents is 1. The highest BCUT2D eigenvalue weighted by Gasteiger charge is 2.26. The van der Waals surface area contributed by atoms with Crippen LogP contribution < -0.4 is 5.32 Å². The molecular weight excluding hydrogens is 374 g/mol. The second-order valence-corrected chi connectivity index (χ2v) is 7.89. The van der Waals surface area contributed by atoms with Gasteiger partial charge in [0.1, 0.15) is 5.69 Å². The molecule has 1 saturated carbocycles. The summed E-state index contributed by atoms with van der Waals surface area (Å²) in [4.78, 5) is 26.3. The summed E-state index contributed by atoms with van der Waals surface area (Å²) in [7, 11) is 0. The average Bonchev–Trinajstić information content (AvgIpc) is 3.33. The Morgan fingerprint density at radius 2 is 2.19 bits per heavy atom. The third-order valence-corrected chi connectivity index (χ3v) is 5.21. The molecule has 0 aliphatic heterocycles. The van der Waals surface area contributed by atoms with Crippen molar-refractivity contribution in [2.75, 3.05) is 11.9 Å². The molecule has 1 aromatic carbocycles. The van der Waals surface area contributed by atoms with Crippen LogP contribution in [-0.4, -0.2) is 28.3 Å². The van der Waals surface area contributed by atoms with Gasteiger partial charge in [0.25, 0.3) is 11.6 Å². The van der Waals surface area contributed by atoms with Gasteiger partial charge in [-0.15, -0.1) is 17.9 Å². The van der Waals surface area contributed by atoms with Crippen molar-refractivity contribution in [1.82, 2.24) is 4.90 Å². The molecule has 0 radical (unpaired) electrons. The Kier molecular flexibility index (Phi) is 5.58. The van der Waals surface area contributed by atoms with Crippen molar-refractivity contribution in [2.45, 2.75) is 25.4 Å². The van der Waals surface area contributed by atoms with E-state index in [1.54, 1.807) is 29.2 Å². The van der Waals surface area contributed by atoms with Crippen molar-refractivity contribution in [3.05, 3.63) is 67.9 Å². The van der Waals surface area contributed by atoms with Gasteiger partial charge in [0.05, 0.1) is 15.8 Å². The van der Waals surface area contributed by atoms with Crippen LogP contribution >= 0.6 is 22.9 Å². The number of nitrogens with one attached hydrogen (secondary N) is 1. The van der Waals surface area contributed by atoms with Gasteiger partial charge in [-0.3, -0.25) is 14.9 Å². The van der Waals surface area contributed by atoms with Gasteiger partial charge in [0.2, 0.25) is 0 Å². The van der Waals surface area contributed by atoms with Crippen molar-refractivity contribution in [2.24, 2.45) is 0 Å². The van der Waals surface area contributed by atoms with Crippen LogP contribution in [0.4, 0.5) is 11.4 Å². The molecule has 0 atom stereocenters. The lowest BCUT2D eigenvalue weighted by atomic mass is 10.1. The molecule has 1 amide bonds. The molecule has 26 heavy (non-hydrogen) atoms. The van der Waals surface area contributed by atoms with Crippen LogP contribution in [-0.2, 0) is 6.54 Å². The summed E-state index contributed by atoms with van der Waals surface area (Å²) in [5, 5.41) is 14.5. The summed E-state index contributed by atoms with van der Waals surface area (Å²) in [5.74, 6) is -0.282. The smallest absolute Gasteiger partial charge is 0.293 e. The number of rotatable bonds is 8. The monoisotopic (exact) mass is 391 g/mol. The maximum Gasteiger partial charge on any atom is 0.293 e. The van der Waals surface area contributed by atoms with Gasteiger partial charge in [-0.05, 0) is 37.1 Å². The number of nitrogens with zero attached hydrogens (tertiary/aromatic N) is 2. The van der Waals surface area contributed by atoms with E-state index in [2.05, 4.69) is 11.9 Å². The van der Waals surface area contributed by atoms with Crippen LogP contribution in [0.15, 0.2) is 43.0 Å². The Morgan fingerprint density at radius 3 is 2.77 bits per heavy atom. The highest BCUT2D eigenvalue weighted by atomic mass is 35.5. The van der Waals surface area contributed by atoms with Crippen molar-refractivity contribution in [3.63, 3.8) is 0 Å². The fourth-order valence-electron chi connectivity index (χ4n) is 2.57. The first-order chi connectivity index (χ1) is 12.5. The zero-order valence-corrected chi connectivity index (χ0v) is 15.6. The number of thiophene rings is 1. The highest BCUT2D eigenvalue weighted by Crippen LogP contribution is 2.32. The fourth-order valence-corrected chi connectivity index (χ4v) is 3.67. The Hall–Kier alpha value is -2.38. The van der Waals surface area contributed by atoms with Crippen molar-refractivity contribution in [3.8, 4) is 0 Å². The molecule has 0 unspecified atom stereocenters. The van der Waals surface area contributed by atoms with Gasteiger partial charge in [-0.2, -0.15) is 0 Å². The number of nitro groups is 1. The number of hydrogen-bond donors (Lipinski definition) is 1. The van der Waals surface area contributed by atoms with Gasteiger partial charge in [-0.1, -0.05) is 17.7 Å². The van der Waals surface area contributed by atoms with Crippen molar-refractivity contribution >= 4 is 40.2 Å². The fraction of sp³-hybridized carbons (Fsp3) is 0.278. The van der Waals surface area contributed by atoms with E-state index in [0.29, 0.717) is 23.1 Å². The number of hydrogen-bond acceptors (Lipinski definition) is 5. The quantitative estimate of drug-likeness (QED) is 0.401. The predicted molar refractivity (Wildman–Crippen MR) is 104 cm³/mol. The standard InChI is InChI=1S/C18H18ClN3O3S/c1-2-9-21(11-14-6-8-17(19)26-14)18(23)12-3-7-15(20-13-4-5-13)16(10-12)22(24)25/h2-3,6-8,10,13,20H,1,4-5,9,11H2.